The molecule has 4 rings (SSSR count). The molecule has 2 aromatic carbocycles. The van der Waals surface area contributed by atoms with Crippen molar-refractivity contribution in [2.24, 2.45) is 0 Å². The smallest absolute Gasteiger partial charge is 0.150 e. The molecular weight excluding hydrogens is 314 g/mol. The van der Waals surface area contributed by atoms with Crippen molar-refractivity contribution in [3.8, 4) is 0 Å². The van der Waals surface area contributed by atoms with Crippen molar-refractivity contribution in [1.29, 1.82) is 0 Å². The molecule has 0 unspecified atom stereocenters. The lowest BCUT2D eigenvalue weighted by molar-refractivity contribution is 0.112. The predicted molar refractivity (Wildman–Crippen MR) is 99.9 cm³/mol. The quantitative estimate of drug-likeness (QED) is 0.739. The molecule has 1 saturated heterocycles. The topological polar surface area (TPSA) is 54.5 Å². The zero-order valence-electron chi connectivity index (χ0n) is 13.8. The van der Waals surface area contributed by atoms with E-state index in [0.717, 1.165) is 54.9 Å². The van der Waals surface area contributed by atoms with Crippen LogP contribution in [0.5, 0.6) is 0 Å². The van der Waals surface area contributed by atoms with Gasteiger partial charge < -0.3 is 15.0 Å². The van der Waals surface area contributed by atoms with Crippen molar-refractivity contribution in [2.45, 2.75) is 0 Å². The number of hydrogen-bond donors (Lipinski definition) is 1. The molecule has 1 aliphatic rings. The Morgan fingerprint density at radius 1 is 1.04 bits per heavy atom. The first-order chi connectivity index (χ1) is 12.3. The van der Waals surface area contributed by atoms with Crippen LogP contribution >= 0.6 is 0 Å². The molecule has 25 heavy (non-hydrogen) atoms. The predicted octanol–water partition coefficient (Wildman–Crippen LogP) is 3.63. The molecule has 5 heteroatoms. The number of anilines is 3. The summed E-state index contributed by atoms with van der Waals surface area (Å²) in [4.78, 5) is 17.6. The maximum absolute atomic E-state index is 10.8. The summed E-state index contributed by atoms with van der Waals surface area (Å²) in [5.41, 5.74) is 4.74. The molecule has 0 radical (unpaired) electrons. The number of nitrogens with one attached hydrogen (secondary N) is 1. The molecule has 0 atom stereocenters. The van der Waals surface area contributed by atoms with E-state index in [2.05, 4.69) is 33.4 Å². The van der Waals surface area contributed by atoms with Gasteiger partial charge in [-0.25, -0.2) is 0 Å². The van der Waals surface area contributed by atoms with Crippen LogP contribution in [-0.2, 0) is 4.74 Å². The molecule has 0 bridgehead atoms. The summed E-state index contributed by atoms with van der Waals surface area (Å²) in [5.74, 6) is 0. The molecule has 0 aliphatic carbocycles. The van der Waals surface area contributed by atoms with E-state index in [1.165, 1.54) is 5.69 Å². The lowest BCUT2D eigenvalue weighted by atomic mass is 10.1. The van der Waals surface area contributed by atoms with Gasteiger partial charge in [0.2, 0.25) is 0 Å². The second-order valence-corrected chi connectivity index (χ2v) is 6.02. The van der Waals surface area contributed by atoms with Gasteiger partial charge in [-0.3, -0.25) is 9.78 Å². The van der Waals surface area contributed by atoms with Gasteiger partial charge >= 0.3 is 0 Å². The summed E-state index contributed by atoms with van der Waals surface area (Å²) in [6.45, 7) is 3.34. The fraction of sp³-hybridized carbons (Fsp3) is 0.200. The van der Waals surface area contributed by atoms with E-state index in [9.17, 15) is 4.79 Å². The molecule has 3 aromatic rings. The van der Waals surface area contributed by atoms with E-state index in [4.69, 9.17) is 4.74 Å². The summed E-state index contributed by atoms with van der Waals surface area (Å²) in [5, 5.41) is 4.50. The molecule has 0 saturated carbocycles. The van der Waals surface area contributed by atoms with Crippen LogP contribution in [0.25, 0.3) is 10.9 Å². The minimum Gasteiger partial charge on any atom is -0.378 e. The van der Waals surface area contributed by atoms with E-state index in [1.807, 2.05) is 18.2 Å². The second kappa shape index (κ2) is 6.91. The van der Waals surface area contributed by atoms with E-state index < -0.39 is 0 Å². The van der Waals surface area contributed by atoms with Crippen LogP contribution in [0.2, 0.25) is 0 Å². The Bertz CT molecular complexity index is 887. The molecule has 0 amide bonds. The first-order valence-electron chi connectivity index (χ1n) is 8.37. The van der Waals surface area contributed by atoms with Crippen LogP contribution in [0, 0.1) is 0 Å². The van der Waals surface area contributed by atoms with Crippen molar-refractivity contribution in [3.05, 3.63) is 60.3 Å². The minimum absolute atomic E-state index is 0.666. The molecule has 0 spiro atoms. The number of hydrogen-bond acceptors (Lipinski definition) is 5. The average molecular weight is 333 g/mol. The molecule has 1 aliphatic heterocycles. The Labute approximate surface area is 146 Å². The fourth-order valence-corrected chi connectivity index (χ4v) is 3.06. The molecule has 1 N–H and O–H groups in total. The van der Waals surface area contributed by atoms with E-state index >= 15 is 0 Å². The van der Waals surface area contributed by atoms with Crippen molar-refractivity contribution < 1.29 is 9.53 Å². The zero-order chi connectivity index (χ0) is 17.1. The summed E-state index contributed by atoms with van der Waals surface area (Å²) >= 11 is 0. The minimum atomic E-state index is 0.666. The molecule has 1 fully saturated rings. The molecule has 1 aromatic heterocycles. The third kappa shape index (κ3) is 3.32. The number of aldehydes is 1. The number of fused-ring (bicyclic) bond motifs is 1. The standard InChI is InChI=1S/C20H19N3O2/c24-14-15-1-3-16(4-2-15)22-20-7-8-21-19-6-5-17(13-18(19)20)23-9-11-25-12-10-23/h1-8,13-14H,9-12H2,(H,21,22). The van der Waals surface area contributed by atoms with Crippen LogP contribution in [0.15, 0.2) is 54.7 Å². The van der Waals surface area contributed by atoms with Gasteiger partial charge in [-0.15, -0.1) is 0 Å². The monoisotopic (exact) mass is 333 g/mol. The van der Waals surface area contributed by atoms with Gasteiger partial charge in [0, 0.05) is 47.3 Å². The Balaban J connectivity index is 1.68. The Hall–Kier alpha value is -2.92. The normalized spacial score (nSPS) is 14.5. The van der Waals surface area contributed by atoms with E-state index in [-0.39, 0.29) is 0 Å². The van der Waals surface area contributed by atoms with Gasteiger partial charge in [0.1, 0.15) is 6.29 Å². The van der Waals surface area contributed by atoms with Crippen molar-refractivity contribution in [2.75, 3.05) is 36.5 Å². The number of carbonyl (C=O) groups is 1. The van der Waals surface area contributed by atoms with Gasteiger partial charge in [-0.05, 0) is 48.5 Å². The Morgan fingerprint density at radius 3 is 2.60 bits per heavy atom. The SMILES string of the molecule is O=Cc1ccc(Nc2ccnc3ccc(N4CCOCC4)cc23)cc1. The number of aromatic nitrogens is 1. The number of nitrogens with zero attached hydrogens (tertiary/aromatic N) is 2. The highest BCUT2D eigenvalue weighted by molar-refractivity contribution is 5.95. The van der Waals surface area contributed by atoms with Crippen LogP contribution in [0.3, 0.4) is 0 Å². The first kappa shape index (κ1) is 15.6. The summed E-state index contributed by atoms with van der Waals surface area (Å²) in [6, 6.07) is 15.7. The van der Waals surface area contributed by atoms with Gasteiger partial charge in [0.25, 0.3) is 0 Å². The highest BCUT2D eigenvalue weighted by Crippen LogP contribution is 2.29. The summed E-state index contributed by atoms with van der Waals surface area (Å²) in [6.07, 6.45) is 2.65. The molecule has 5 nitrogen and oxygen atoms in total. The van der Waals surface area contributed by atoms with Crippen LogP contribution < -0.4 is 10.2 Å². The number of pyridine rings is 1. The lowest BCUT2D eigenvalue weighted by Gasteiger charge is -2.29. The van der Waals surface area contributed by atoms with Gasteiger partial charge in [-0.2, -0.15) is 0 Å². The third-order valence-corrected chi connectivity index (χ3v) is 4.43. The maximum atomic E-state index is 10.8. The van der Waals surface area contributed by atoms with E-state index in [0.29, 0.717) is 5.56 Å². The second-order valence-electron chi connectivity index (χ2n) is 6.02. The van der Waals surface area contributed by atoms with Crippen LogP contribution in [0.1, 0.15) is 10.4 Å². The zero-order valence-corrected chi connectivity index (χ0v) is 13.8. The lowest BCUT2D eigenvalue weighted by Crippen LogP contribution is -2.36. The summed E-state index contributed by atoms with van der Waals surface area (Å²) < 4.78 is 5.44. The molecule has 2 heterocycles. The maximum Gasteiger partial charge on any atom is 0.150 e. The number of benzene rings is 2. The highest BCUT2D eigenvalue weighted by Gasteiger charge is 2.12. The van der Waals surface area contributed by atoms with Gasteiger partial charge in [0.05, 0.1) is 18.7 Å². The number of carbonyl (C=O) groups excluding carboxylic acids is 1. The van der Waals surface area contributed by atoms with Crippen molar-refractivity contribution in [1.82, 2.24) is 4.98 Å². The van der Waals surface area contributed by atoms with Crippen LogP contribution in [-0.4, -0.2) is 37.6 Å². The Morgan fingerprint density at radius 2 is 1.84 bits per heavy atom. The molecular formula is C20H19N3O2. The summed E-state index contributed by atoms with van der Waals surface area (Å²) in [7, 11) is 0. The van der Waals surface area contributed by atoms with Crippen molar-refractivity contribution in [3.63, 3.8) is 0 Å². The largest absolute Gasteiger partial charge is 0.378 e. The molecule has 126 valence electrons. The van der Waals surface area contributed by atoms with E-state index in [1.54, 1.807) is 18.3 Å². The number of morpholine rings is 1. The first-order valence-corrected chi connectivity index (χ1v) is 8.37. The van der Waals surface area contributed by atoms with Gasteiger partial charge in [0.15, 0.2) is 0 Å². The highest BCUT2D eigenvalue weighted by atomic mass is 16.5. The Kier molecular flexibility index (Phi) is 4.31. The fourth-order valence-electron chi connectivity index (χ4n) is 3.06. The van der Waals surface area contributed by atoms with Crippen LogP contribution in [0.4, 0.5) is 17.1 Å². The number of ether oxygens (including phenoxy) is 1. The number of rotatable bonds is 4. The van der Waals surface area contributed by atoms with Crippen molar-refractivity contribution >= 4 is 34.3 Å². The van der Waals surface area contributed by atoms with Gasteiger partial charge in [-0.1, -0.05) is 0 Å². The average Bonchev–Trinajstić information content (AvgIpc) is 2.69. The third-order valence-electron chi connectivity index (χ3n) is 4.43.